The van der Waals surface area contributed by atoms with E-state index < -0.39 is 12.0 Å². The number of benzene rings is 1. The van der Waals surface area contributed by atoms with E-state index in [0.29, 0.717) is 18.0 Å². The van der Waals surface area contributed by atoms with Crippen molar-refractivity contribution in [2.24, 2.45) is 0 Å². The molecule has 1 N–H and O–H groups in total. The molecule has 22 heavy (non-hydrogen) atoms. The monoisotopic (exact) mass is 320 g/mol. The molecular weight excluding hydrogens is 304 g/mol. The fourth-order valence-electron chi connectivity index (χ4n) is 3.02. The number of hydrogen-bond acceptors (Lipinski definition) is 2. The number of fused-ring (bicyclic) bond motifs is 1. The number of aromatic nitrogens is 1. The van der Waals surface area contributed by atoms with E-state index in [1.165, 1.54) is 4.90 Å². The van der Waals surface area contributed by atoms with Gasteiger partial charge in [-0.05, 0) is 42.8 Å². The molecule has 1 atom stereocenters. The molecule has 2 aromatic rings. The van der Waals surface area contributed by atoms with Crippen molar-refractivity contribution in [3.05, 3.63) is 35.5 Å². The zero-order valence-electron chi connectivity index (χ0n) is 12.0. The van der Waals surface area contributed by atoms with Crippen LogP contribution in [0.25, 0.3) is 10.9 Å². The molecule has 1 saturated heterocycles. The van der Waals surface area contributed by atoms with E-state index >= 15 is 0 Å². The zero-order valence-corrected chi connectivity index (χ0v) is 12.8. The molecule has 1 aromatic carbocycles. The van der Waals surface area contributed by atoms with Gasteiger partial charge >= 0.3 is 5.97 Å². The van der Waals surface area contributed by atoms with Crippen molar-refractivity contribution in [2.45, 2.75) is 31.8 Å². The van der Waals surface area contributed by atoms with Gasteiger partial charge < -0.3 is 14.6 Å². The summed E-state index contributed by atoms with van der Waals surface area (Å²) in [6, 6.07) is 6.74. The van der Waals surface area contributed by atoms with Crippen LogP contribution in [0.4, 0.5) is 0 Å². The first-order valence-electron chi connectivity index (χ1n) is 7.33. The maximum Gasteiger partial charge on any atom is 0.326 e. The van der Waals surface area contributed by atoms with E-state index in [2.05, 4.69) is 0 Å². The molecule has 0 spiro atoms. The number of carboxylic acids is 1. The number of likely N-dealkylation sites (tertiary alicyclic amines) is 1. The van der Waals surface area contributed by atoms with Crippen LogP contribution in [-0.2, 0) is 16.1 Å². The average Bonchev–Trinajstić information content (AvgIpc) is 2.89. The second kappa shape index (κ2) is 6.01. The largest absolute Gasteiger partial charge is 0.480 e. The highest BCUT2D eigenvalue weighted by atomic mass is 35.5. The van der Waals surface area contributed by atoms with Crippen molar-refractivity contribution in [1.82, 2.24) is 9.47 Å². The van der Waals surface area contributed by atoms with Crippen molar-refractivity contribution < 1.29 is 14.7 Å². The van der Waals surface area contributed by atoms with E-state index in [4.69, 9.17) is 11.6 Å². The van der Waals surface area contributed by atoms with Crippen LogP contribution in [0.15, 0.2) is 30.5 Å². The van der Waals surface area contributed by atoms with Crippen LogP contribution in [0.1, 0.15) is 19.3 Å². The number of carboxylic acid groups (broad SMARTS) is 1. The molecule has 1 amide bonds. The number of rotatable bonds is 3. The van der Waals surface area contributed by atoms with Gasteiger partial charge in [-0.3, -0.25) is 4.79 Å². The van der Waals surface area contributed by atoms with Crippen molar-refractivity contribution in [3.63, 3.8) is 0 Å². The Balaban J connectivity index is 1.83. The summed E-state index contributed by atoms with van der Waals surface area (Å²) in [5.41, 5.74) is 0.879. The highest BCUT2D eigenvalue weighted by molar-refractivity contribution is 6.31. The molecule has 3 rings (SSSR count). The van der Waals surface area contributed by atoms with Crippen LogP contribution in [0, 0.1) is 0 Å². The Hall–Kier alpha value is -2.01. The van der Waals surface area contributed by atoms with Crippen molar-refractivity contribution in [2.75, 3.05) is 6.54 Å². The average molecular weight is 321 g/mol. The maximum absolute atomic E-state index is 12.5. The fourth-order valence-corrected chi connectivity index (χ4v) is 3.18. The predicted octanol–water partition coefficient (Wildman–Crippen LogP) is 2.76. The quantitative estimate of drug-likeness (QED) is 0.946. The molecule has 0 saturated carbocycles. The third-order valence-electron chi connectivity index (χ3n) is 4.15. The van der Waals surface area contributed by atoms with Crippen molar-refractivity contribution >= 4 is 34.4 Å². The first kappa shape index (κ1) is 14.9. The number of halogens is 1. The van der Waals surface area contributed by atoms with E-state index in [9.17, 15) is 14.7 Å². The molecule has 1 aliphatic heterocycles. The number of hydrogen-bond donors (Lipinski definition) is 1. The Morgan fingerprint density at radius 1 is 1.27 bits per heavy atom. The number of aliphatic carboxylic acids is 1. The summed E-state index contributed by atoms with van der Waals surface area (Å²) >= 11 is 6.01. The van der Waals surface area contributed by atoms with Gasteiger partial charge in [-0.2, -0.15) is 0 Å². The van der Waals surface area contributed by atoms with E-state index in [1.807, 2.05) is 29.0 Å². The third-order valence-corrected chi connectivity index (χ3v) is 4.38. The molecule has 6 heteroatoms. The number of amides is 1. The summed E-state index contributed by atoms with van der Waals surface area (Å²) in [6.45, 7) is 0.642. The normalized spacial score (nSPS) is 18.6. The minimum Gasteiger partial charge on any atom is -0.480 e. The lowest BCUT2D eigenvalue weighted by Crippen LogP contribution is -2.49. The second-order valence-electron chi connectivity index (χ2n) is 5.58. The standard InChI is InChI=1S/C16H17ClN2O3/c17-12-5-4-11-6-8-18(14(11)9-12)10-15(20)19-7-2-1-3-13(19)16(21)22/h4-6,8-9,13H,1-3,7,10H2,(H,21,22). The lowest BCUT2D eigenvalue weighted by Gasteiger charge is -2.33. The number of nitrogens with zero attached hydrogens (tertiary/aromatic N) is 2. The highest BCUT2D eigenvalue weighted by Gasteiger charge is 2.31. The molecule has 1 fully saturated rings. The first-order valence-corrected chi connectivity index (χ1v) is 7.71. The van der Waals surface area contributed by atoms with Gasteiger partial charge in [0, 0.05) is 23.3 Å². The molecule has 1 aliphatic rings. The van der Waals surface area contributed by atoms with Gasteiger partial charge in [-0.25, -0.2) is 4.79 Å². The van der Waals surface area contributed by atoms with Crippen LogP contribution in [-0.4, -0.2) is 39.0 Å². The second-order valence-corrected chi connectivity index (χ2v) is 6.02. The fraction of sp³-hybridized carbons (Fsp3) is 0.375. The van der Waals surface area contributed by atoms with Crippen molar-refractivity contribution in [3.8, 4) is 0 Å². The predicted molar refractivity (Wildman–Crippen MR) is 83.9 cm³/mol. The zero-order chi connectivity index (χ0) is 15.7. The molecule has 116 valence electrons. The van der Waals surface area contributed by atoms with Gasteiger partial charge in [0.05, 0.1) is 0 Å². The Kier molecular flexibility index (Phi) is 4.07. The summed E-state index contributed by atoms with van der Waals surface area (Å²) in [5, 5.41) is 10.9. The van der Waals surface area contributed by atoms with Gasteiger partial charge in [-0.1, -0.05) is 17.7 Å². The van der Waals surface area contributed by atoms with Crippen LogP contribution in [0.2, 0.25) is 5.02 Å². The Morgan fingerprint density at radius 2 is 2.09 bits per heavy atom. The molecule has 0 aliphatic carbocycles. The Bertz CT molecular complexity index is 725. The van der Waals surface area contributed by atoms with Gasteiger partial charge in [0.15, 0.2) is 0 Å². The number of piperidine rings is 1. The van der Waals surface area contributed by atoms with Crippen LogP contribution in [0.3, 0.4) is 0 Å². The molecule has 2 heterocycles. The van der Waals surface area contributed by atoms with Crippen molar-refractivity contribution in [1.29, 1.82) is 0 Å². The highest BCUT2D eigenvalue weighted by Crippen LogP contribution is 2.22. The molecule has 1 aromatic heterocycles. The van der Waals surface area contributed by atoms with Crippen LogP contribution >= 0.6 is 11.6 Å². The van der Waals surface area contributed by atoms with Gasteiger partial charge in [0.25, 0.3) is 0 Å². The maximum atomic E-state index is 12.5. The molecule has 0 bridgehead atoms. The molecular formula is C16H17ClN2O3. The van der Waals surface area contributed by atoms with Gasteiger partial charge in [0.2, 0.25) is 5.91 Å². The number of carbonyl (C=O) groups is 2. The van der Waals surface area contributed by atoms with E-state index in [0.717, 1.165) is 23.7 Å². The Labute approximate surface area is 133 Å². The summed E-state index contributed by atoms with van der Waals surface area (Å²) in [7, 11) is 0. The van der Waals surface area contributed by atoms with Crippen LogP contribution < -0.4 is 0 Å². The molecule has 0 radical (unpaired) electrons. The summed E-state index contributed by atoms with van der Waals surface area (Å²) in [6.07, 6.45) is 4.06. The Morgan fingerprint density at radius 3 is 2.86 bits per heavy atom. The summed E-state index contributed by atoms with van der Waals surface area (Å²) in [4.78, 5) is 25.3. The van der Waals surface area contributed by atoms with Crippen LogP contribution in [0.5, 0.6) is 0 Å². The third kappa shape index (κ3) is 2.81. The van der Waals surface area contributed by atoms with Gasteiger partial charge in [-0.15, -0.1) is 0 Å². The van der Waals surface area contributed by atoms with Gasteiger partial charge in [0.1, 0.15) is 12.6 Å². The minimum atomic E-state index is -0.923. The lowest BCUT2D eigenvalue weighted by molar-refractivity contribution is -0.152. The topological polar surface area (TPSA) is 62.5 Å². The SMILES string of the molecule is O=C(O)C1CCCCN1C(=O)Cn1ccc2ccc(Cl)cc21. The first-order chi connectivity index (χ1) is 10.6. The smallest absolute Gasteiger partial charge is 0.326 e. The molecule has 5 nitrogen and oxygen atoms in total. The number of carbonyl (C=O) groups excluding carboxylic acids is 1. The summed E-state index contributed by atoms with van der Waals surface area (Å²) < 4.78 is 1.82. The van der Waals surface area contributed by atoms with E-state index in [-0.39, 0.29) is 12.5 Å². The lowest BCUT2D eigenvalue weighted by atomic mass is 10.0. The molecule has 1 unspecified atom stereocenters. The summed E-state index contributed by atoms with van der Waals surface area (Å²) in [5.74, 6) is -1.09. The minimum absolute atomic E-state index is 0.133. The van der Waals surface area contributed by atoms with E-state index in [1.54, 1.807) is 6.07 Å².